The predicted molar refractivity (Wildman–Crippen MR) is 91.4 cm³/mol. The van der Waals surface area contributed by atoms with Gasteiger partial charge in [-0.15, -0.1) is 0 Å². The highest BCUT2D eigenvalue weighted by Gasteiger charge is 2.23. The quantitative estimate of drug-likeness (QED) is 0.581. The van der Waals surface area contributed by atoms with Crippen molar-refractivity contribution in [3.63, 3.8) is 0 Å². The van der Waals surface area contributed by atoms with E-state index in [1.807, 2.05) is 6.07 Å². The number of benzene rings is 2. The van der Waals surface area contributed by atoms with Crippen molar-refractivity contribution >= 4 is 29.2 Å². The van der Waals surface area contributed by atoms with Gasteiger partial charge in [-0.25, -0.2) is 0 Å². The normalized spacial score (nSPS) is 11.6. The first-order valence-electron chi connectivity index (χ1n) is 7.35. The van der Waals surface area contributed by atoms with Gasteiger partial charge in [0.15, 0.2) is 0 Å². The highest BCUT2D eigenvalue weighted by atomic mass is 35.5. The summed E-state index contributed by atoms with van der Waals surface area (Å²) in [5.41, 5.74) is 0.728. The average molecular weight is 363 g/mol. The summed E-state index contributed by atoms with van der Waals surface area (Å²) in [6.45, 7) is 0. The van der Waals surface area contributed by atoms with Gasteiger partial charge in [0.25, 0.3) is 5.69 Å². The number of carboxylic acids is 1. The van der Waals surface area contributed by atoms with Gasteiger partial charge in [-0.2, -0.15) is 0 Å². The van der Waals surface area contributed by atoms with Crippen molar-refractivity contribution in [1.29, 1.82) is 0 Å². The first-order chi connectivity index (χ1) is 11.9. The summed E-state index contributed by atoms with van der Waals surface area (Å²) < 4.78 is 0. The summed E-state index contributed by atoms with van der Waals surface area (Å²) >= 11 is 6.06. The maximum Gasteiger partial charge on any atom is 0.305 e. The third-order valence-electron chi connectivity index (χ3n) is 3.49. The van der Waals surface area contributed by atoms with E-state index in [1.54, 1.807) is 24.3 Å². The zero-order chi connectivity index (χ0) is 18.4. The van der Waals surface area contributed by atoms with Crippen LogP contribution in [-0.2, 0) is 16.0 Å². The van der Waals surface area contributed by atoms with E-state index in [4.69, 9.17) is 16.7 Å². The second kappa shape index (κ2) is 8.25. The van der Waals surface area contributed by atoms with E-state index < -0.39 is 29.3 Å². The van der Waals surface area contributed by atoms with E-state index in [2.05, 4.69) is 5.32 Å². The first kappa shape index (κ1) is 18.4. The van der Waals surface area contributed by atoms with Crippen LogP contribution in [0.2, 0.25) is 5.02 Å². The second-order valence-corrected chi connectivity index (χ2v) is 5.75. The number of nitrogens with one attached hydrogen (secondary N) is 1. The molecule has 0 saturated carbocycles. The van der Waals surface area contributed by atoms with Crippen molar-refractivity contribution in [3.8, 4) is 0 Å². The second-order valence-electron chi connectivity index (χ2n) is 5.34. The molecule has 0 heterocycles. The van der Waals surface area contributed by atoms with Crippen LogP contribution < -0.4 is 5.32 Å². The van der Waals surface area contributed by atoms with Crippen LogP contribution in [0, 0.1) is 10.1 Å². The van der Waals surface area contributed by atoms with Crippen LogP contribution >= 0.6 is 11.6 Å². The number of hydrogen-bond donors (Lipinski definition) is 2. The molecule has 25 heavy (non-hydrogen) atoms. The fourth-order valence-electron chi connectivity index (χ4n) is 2.35. The Kier molecular flexibility index (Phi) is 6.08. The Labute approximate surface area is 148 Å². The number of amides is 1. The van der Waals surface area contributed by atoms with E-state index >= 15 is 0 Å². The molecule has 1 amide bonds. The van der Waals surface area contributed by atoms with Gasteiger partial charge in [-0.05, 0) is 11.6 Å². The number of hydrogen-bond acceptors (Lipinski definition) is 4. The lowest BCUT2D eigenvalue weighted by atomic mass is 10.0. The standard InChI is InChI=1S/C17H15ClN2O5/c18-14-7-6-12(20(24)25)9-13(14)15(10-17(22)23)19-16(21)8-11-4-2-1-3-5-11/h1-7,9,15H,8,10H2,(H,19,21)(H,22,23)/t15-/m0/s1. The van der Waals surface area contributed by atoms with Crippen molar-refractivity contribution in [1.82, 2.24) is 5.32 Å². The van der Waals surface area contributed by atoms with E-state index in [1.165, 1.54) is 18.2 Å². The molecule has 0 fully saturated rings. The number of nitro benzene ring substituents is 1. The lowest BCUT2D eigenvalue weighted by Crippen LogP contribution is -2.31. The van der Waals surface area contributed by atoms with E-state index in [9.17, 15) is 19.7 Å². The zero-order valence-corrected chi connectivity index (χ0v) is 13.8. The van der Waals surface area contributed by atoms with Crippen LogP contribution in [0.5, 0.6) is 0 Å². The molecule has 0 aliphatic rings. The van der Waals surface area contributed by atoms with Crippen LogP contribution in [0.15, 0.2) is 48.5 Å². The van der Waals surface area contributed by atoms with Crippen molar-refractivity contribution in [3.05, 3.63) is 74.8 Å². The van der Waals surface area contributed by atoms with Crippen molar-refractivity contribution in [2.75, 3.05) is 0 Å². The maximum atomic E-state index is 12.2. The monoisotopic (exact) mass is 362 g/mol. The fraction of sp³-hybridized carbons (Fsp3) is 0.176. The van der Waals surface area contributed by atoms with Gasteiger partial charge < -0.3 is 10.4 Å². The molecule has 0 aliphatic carbocycles. The molecule has 8 heteroatoms. The van der Waals surface area contributed by atoms with Gasteiger partial charge in [-0.1, -0.05) is 41.9 Å². The third-order valence-corrected chi connectivity index (χ3v) is 3.83. The van der Waals surface area contributed by atoms with Gasteiger partial charge in [0.05, 0.1) is 23.8 Å². The molecule has 0 spiro atoms. The van der Waals surface area contributed by atoms with E-state index in [0.717, 1.165) is 5.56 Å². The topological polar surface area (TPSA) is 110 Å². The van der Waals surface area contributed by atoms with Crippen molar-refractivity contribution in [2.24, 2.45) is 0 Å². The van der Waals surface area contributed by atoms with Gasteiger partial charge in [0.2, 0.25) is 5.91 Å². The minimum atomic E-state index is -1.16. The van der Waals surface area contributed by atoms with Crippen LogP contribution in [0.4, 0.5) is 5.69 Å². The molecule has 130 valence electrons. The zero-order valence-electron chi connectivity index (χ0n) is 13.0. The molecule has 0 unspecified atom stereocenters. The molecule has 0 bridgehead atoms. The fourth-order valence-corrected chi connectivity index (χ4v) is 2.60. The largest absolute Gasteiger partial charge is 0.481 e. The number of carbonyl (C=O) groups excluding carboxylic acids is 1. The molecule has 2 aromatic rings. The minimum absolute atomic E-state index is 0.0590. The highest BCUT2D eigenvalue weighted by molar-refractivity contribution is 6.31. The average Bonchev–Trinajstić information content (AvgIpc) is 2.55. The maximum absolute atomic E-state index is 12.2. The third kappa shape index (κ3) is 5.29. The molecule has 7 nitrogen and oxygen atoms in total. The molecule has 2 N–H and O–H groups in total. The van der Waals surface area contributed by atoms with Crippen LogP contribution in [0.3, 0.4) is 0 Å². The number of nitrogens with zero attached hydrogens (tertiary/aromatic N) is 1. The van der Waals surface area contributed by atoms with Gasteiger partial charge in [0.1, 0.15) is 0 Å². The molecule has 0 aliphatic heterocycles. The van der Waals surface area contributed by atoms with Crippen molar-refractivity contribution in [2.45, 2.75) is 18.9 Å². The Morgan fingerprint density at radius 2 is 1.88 bits per heavy atom. The van der Waals surface area contributed by atoms with E-state index in [-0.39, 0.29) is 22.7 Å². The number of rotatable bonds is 7. The number of aliphatic carboxylic acids is 1. The Morgan fingerprint density at radius 3 is 2.48 bits per heavy atom. The molecule has 2 aromatic carbocycles. The minimum Gasteiger partial charge on any atom is -0.481 e. The molecule has 1 atom stereocenters. The molecular weight excluding hydrogens is 348 g/mol. The Bertz CT molecular complexity index is 795. The van der Waals surface area contributed by atoms with Gasteiger partial charge in [-0.3, -0.25) is 19.7 Å². The van der Waals surface area contributed by atoms with Crippen LogP contribution in [0.1, 0.15) is 23.6 Å². The van der Waals surface area contributed by atoms with E-state index in [0.29, 0.717) is 0 Å². The summed E-state index contributed by atoms with van der Waals surface area (Å²) in [7, 11) is 0. The summed E-state index contributed by atoms with van der Waals surface area (Å²) in [4.78, 5) is 33.7. The number of nitro groups is 1. The summed E-state index contributed by atoms with van der Waals surface area (Å²) in [6, 6.07) is 11.7. The molecule has 0 radical (unpaired) electrons. The van der Waals surface area contributed by atoms with Gasteiger partial charge in [0, 0.05) is 22.7 Å². The number of carboxylic acid groups (broad SMARTS) is 1. The number of halogens is 1. The Balaban J connectivity index is 2.24. The highest BCUT2D eigenvalue weighted by Crippen LogP contribution is 2.29. The summed E-state index contributed by atoms with van der Waals surface area (Å²) in [5, 5.41) is 22.8. The predicted octanol–water partition coefficient (Wildman–Crippen LogP) is 3.12. The van der Waals surface area contributed by atoms with Crippen molar-refractivity contribution < 1.29 is 19.6 Å². The molecule has 0 saturated heterocycles. The Morgan fingerprint density at radius 1 is 1.20 bits per heavy atom. The Hall–Kier alpha value is -2.93. The number of carbonyl (C=O) groups is 2. The molecule has 0 aromatic heterocycles. The van der Waals surface area contributed by atoms with Gasteiger partial charge >= 0.3 is 5.97 Å². The number of non-ortho nitro benzene ring substituents is 1. The summed E-state index contributed by atoms with van der Waals surface area (Å²) in [5.74, 6) is -1.56. The summed E-state index contributed by atoms with van der Waals surface area (Å²) in [6.07, 6.45) is -0.384. The SMILES string of the molecule is O=C(O)C[C@H](NC(=O)Cc1ccccc1)c1cc([N+](=O)[O-])ccc1Cl. The lowest BCUT2D eigenvalue weighted by molar-refractivity contribution is -0.384. The lowest BCUT2D eigenvalue weighted by Gasteiger charge is -2.18. The first-order valence-corrected chi connectivity index (χ1v) is 7.73. The smallest absolute Gasteiger partial charge is 0.305 e. The molecular formula is C17H15ClN2O5. The van der Waals surface area contributed by atoms with Crippen LogP contribution in [0.25, 0.3) is 0 Å². The van der Waals surface area contributed by atoms with Crippen LogP contribution in [-0.4, -0.2) is 21.9 Å². The molecule has 2 rings (SSSR count).